The first-order valence-electron chi connectivity index (χ1n) is 7.26. The summed E-state index contributed by atoms with van der Waals surface area (Å²) in [7, 11) is 0. The number of carbonyl (C=O) groups excluding carboxylic acids is 2. The zero-order valence-electron chi connectivity index (χ0n) is 13.2. The fourth-order valence-corrected chi connectivity index (χ4v) is 1.94. The largest absolute Gasteiger partial charge is 0.459 e. The molecule has 0 aliphatic heterocycles. The number of carbonyl (C=O) groups is 2. The van der Waals surface area contributed by atoms with Crippen LogP contribution in [0.15, 0.2) is 54.9 Å². The Kier molecular flexibility index (Phi) is 7.88. The molecule has 0 aliphatic rings. The van der Waals surface area contributed by atoms with Gasteiger partial charge < -0.3 is 15.8 Å². The van der Waals surface area contributed by atoms with E-state index in [1.807, 2.05) is 30.3 Å². The van der Waals surface area contributed by atoms with E-state index in [2.05, 4.69) is 10.3 Å². The van der Waals surface area contributed by atoms with Crippen molar-refractivity contribution >= 4 is 24.3 Å². The van der Waals surface area contributed by atoms with Gasteiger partial charge in [0.15, 0.2) is 0 Å². The van der Waals surface area contributed by atoms with Crippen molar-refractivity contribution in [3.8, 4) is 0 Å². The number of pyridine rings is 1. The topological polar surface area (TPSA) is 94.3 Å². The van der Waals surface area contributed by atoms with Gasteiger partial charge in [-0.2, -0.15) is 0 Å². The van der Waals surface area contributed by atoms with Crippen molar-refractivity contribution in [1.29, 1.82) is 0 Å². The molecule has 0 saturated carbocycles. The van der Waals surface area contributed by atoms with Gasteiger partial charge in [-0.05, 0) is 24.6 Å². The molecule has 1 aromatic carbocycles. The minimum atomic E-state index is -0.643. The molecule has 1 amide bonds. The molecule has 0 bridgehead atoms. The summed E-state index contributed by atoms with van der Waals surface area (Å²) in [5.41, 5.74) is 6.77. The van der Waals surface area contributed by atoms with Crippen LogP contribution in [0.2, 0.25) is 0 Å². The summed E-state index contributed by atoms with van der Waals surface area (Å²) >= 11 is 0. The Morgan fingerprint density at radius 2 is 1.92 bits per heavy atom. The van der Waals surface area contributed by atoms with E-state index in [4.69, 9.17) is 10.5 Å². The molecule has 2 rings (SSSR count). The maximum Gasteiger partial charge on any atom is 0.339 e. The van der Waals surface area contributed by atoms with Gasteiger partial charge in [-0.25, -0.2) is 4.79 Å². The molecule has 0 radical (unpaired) electrons. The van der Waals surface area contributed by atoms with Gasteiger partial charge in [-0.3, -0.25) is 9.78 Å². The van der Waals surface area contributed by atoms with Gasteiger partial charge in [-0.15, -0.1) is 12.4 Å². The SMILES string of the molecule is CC(N)C(=O)NC(COC(=O)c1cccnc1)c1ccccc1.Cl. The number of hydrogen-bond donors (Lipinski definition) is 2. The predicted molar refractivity (Wildman–Crippen MR) is 92.7 cm³/mol. The van der Waals surface area contributed by atoms with Crippen LogP contribution in [0.25, 0.3) is 0 Å². The van der Waals surface area contributed by atoms with E-state index in [9.17, 15) is 9.59 Å². The molecule has 0 aliphatic carbocycles. The molecule has 6 nitrogen and oxygen atoms in total. The lowest BCUT2D eigenvalue weighted by molar-refractivity contribution is -0.123. The number of esters is 1. The lowest BCUT2D eigenvalue weighted by atomic mass is 10.1. The van der Waals surface area contributed by atoms with Crippen molar-refractivity contribution in [3.05, 3.63) is 66.0 Å². The highest BCUT2D eigenvalue weighted by molar-refractivity contribution is 5.89. The number of rotatable bonds is 6. The first-order chi connectivity index (χ1) is 11.1. The molecule has 2 atom stereocenters. The van der Waals surface area contributed by atoms with Gasteiger partial charge in [0.25, 0.3) is 0 Å². The van der Waals surface area contributed by atoms with Crippen molar-refractivity contribution in [2.75, 3.05) is 6.61 Å². The first kappa shape index (κ1) is 19.6. The van der Waals surface area contributed by atoms with E-state index in [1.54, 1.807) is 25.3 Å². The maximum atomic E-state index is 12.0. The molecule has 1 aromatic heterocycles. The molecule has 0 saturated heterocycles. The fraction of sp³-hybridized carbons (Fsp3) is 0.235. The predicted octanol–water partition coefficient (Wildman–Crippen LogP) is 1.86. The molecule has 2 aromatic rings. The lowest BCUT2D eigenvalue weighted by Crippen LogP contribution is -2.41. The Hall–Kier alpha value is -2.44. The molecule has 128 valence electrons. The molecule has 0 fully saturated rings. The number of amides is 1. The summed E-state index contributed by atoms with van der Waals surface area (Å²) in [6.45, 7) is 1.61. The number of aromatic nitrogens is 1. The number of nitrogens with two attached hydrogens (primary N) is 1. The average molecular weight is 350 g/mol. The zero-order chi connectivity index (χ0) is 16.7. The minimum absolute atomic E-state index is 0. The quantitative estimate of drug-likeness (QED) is 0.776. The average Bonchev–Trinajstić information content (AvgIpc) is 2.59. The minimum Gasteiger partial charge on any atom is -0.459 e. The van der Waals surface area contributed by atoms with Crippen LogP contribution >= 0.6 is 12.4 Å². The van der Waals surface area contributed by atoms with Crippen LogP contribution in [0, 0.1) is 0 Å². The van der Waals surface area contributed by atoms with Crippen LogP contribution in [-0.2, 0) is 9.53 Å². The molecule has 0 spiro atoms. The monoisotopic (exact) mass is 349 g/mol. The molecule has 2 unspecified atom stereocenters. The molecular weight excluding hydrogens is 330 g/mol. The molecular formula is C17H20ClN3O3. The molecule has 7 heteroatoms. The third-order valence-electron chi connectivity index (χ3n) is 3.21. The van der Waals surface area contributed by atoms with Crippen molar-refractivity contribution in [2.24, 2.45) is 5.73 Å². The third kappa shape index (κ3) is 5.64. The van der Waals surface area contributed by atoms with Gasteiger partial charge in [0.1, 0.15) is 6.61 Å². The van der Waals surface area contributed by atoms with E-state index in [1.165, 1.54) is 6.20 Å². The van der Waals surface area contributed by atoms with Gasteiger partial charge in [0.2, 0.25) is 5.91 Å². The number of benzene rings is 1. The summed E-state index contributed by atoms with van der Waals surface area (Å²) in [5.74, 6) is -0.801. The Labute approximate surface area is 146 Å². The standard InChI is InChI=1S/C17H19N3O3.ClH/c1-12(18)16(21)20-15(13-6-3-2-4-7-13)11-23-17(22)14-8-5-9-19-10-14;/h2-10,12,15H,11,18H2,1H3,(H,20,21);1H. The van der Waals surface area contributed by atoms with Crippen molar-refractivity contribution in [1.82, 2.24) is 10.3 Å². The van der Waals surface area contributed by atoms with Gasteiger partial charge in [0, 0.05) is 12.4 Å². The van der Waals surface area contributed by atoms with Crippen molar-refractivity contribution in [3.63, 3.8) is 0 Å². The second-order valence-electron chi connectivity index (χ2n) is 5.10. The summed E-state index contributed by atoms with van der Waals surface area (Å²) < 4.78 is 5.29. The van der Waals surface area contributed by atoms with E-state index in [-0.39, 0.29) is 24.9 Å². The normalized spacial score (nSPS) is 12.4. The second-order valence-corrected chi connectivity index (χ2v) is 5.10. The summed E-state index contributed by atoms with van der Waals surface area (Å²) in [6.07, 6.45) is 3.01. The maximum absolute atomic E-state index is 12.0. The van der Waals surface area contributed by atoms with Crippen LogP contribution in [0.5, 0.6) is 0 Å². The van der Waals surface area contributed by atoms with Crippen LogP contribution in [0.1, 0.15) is 28.9 Å². The van der Waals surface area contributed by atoms with E-state index < -0.39 is 18.1 Å². The number of ether oxygens (including phenoxy) is 1. The molecule has 3 N–H and O–H groups in total. The fourth-order valence-electron chi connectivity index (χ4n) is 1.94. The van der Waals surface area contributed by atoms with Crippen LogP contribution in [0.4, 0.5) is 0 Å². The van der Waals surface area contributed by atoms with Crippen LogP contribution in [0.3, 0.4) is 0 Å². The molecule has 1 heterocycles. The third-order valence-corrected chi connectivity index (χ3v) is 3.21. The number of nitrogens with one attached hydrogen (secondary N) is 1. The Bertz CT molecular complexity index is 651. The highest BCUT2D eigenvalue weighted by Gasteiger charge is 2.19. The lowest BCUT2D eigenvalue weighted by Gasteiger charge is -2.20. The second kappa shape index (κ2) is 9.64. The van der Waals surface area contributed by atoms with Crippen molar-refractivity contribution < 1.29 is 14.3 Å². The smallest absolute Gasteiger partial charge is 0.339 e. The number of halogens is 1. The van der Waals surface area contributed by atoms with Crippen LogP contribution < -0.4 is 11.1 Å². The van der Waals surface area contributed by atoms with E-state index in [0.717, 1.165) is 5.56 Å². The Morgan fingerprint density at radius 1 is 1.21 bits per heavy atom. The number of hydrogen-bond acceptors (Lipinski definition) is 5. The van der Waals surface area contributed by atoms with E-state index in [0.29, 0.717) is 5.56 Å². The van der Waals surface area contributed by atoms with E-state index >= 15 is 0 Å². The zero-order valence-corrected chi connectivity index (χ0v) is 14.0. The van der Waals surface area contributed by atoms with Crippen molar-refractivity contribution in [2.45, 2.75) is 19.0 Å². The highest BCUT2D eigenvalue weighted by Crippen LogP contribution is 2.14. The van der Waals surface area contributed by atoms with Crippen LogP contribution in [-0.4, -0.2) is 29.5 Å². The Morgan fingerprint density at radius 3 is 2.50 bits per heavy atom. The molecule has 24 heavy (non-hydrogen) atoms. The van der Waals surface area contributed by atoms with Gasteiger partial charge >= 0.3 is 5.97 Å². The van der Waals surface area contributed by atoms with Gasteiger partial charge in [0.05, 0.1) is 17.6 Å². The highest BCUT2D eigenvalue weighted by atomic mass is 35.5. The summed E-state index contributed by atoms with van der Waals surface area (Å²) in [4.78, 5) is 27.7. The Balaban J connectivity index is 0.00000288. The summed E-state index contributed by atoms with van der Waals surface area (Å²) in [5, 5.41) is 2.78. The number of nitrogens with zero attached hydrogens (tertiary/aromatic N) is 1. The summed E-state index contributed by atoms with van der Waals surface area (Å²) in [6, 6.07) is 11.4. The first-order valence-corrected chi connectivity index (χ1v) is 7.26. The van der Waals surface area contributed by atoms with Gasteiger partial charge in [-0.1, -0.05) is 30.3 Å².